The molecule has 0 unspecified atom stereocenters. The van der Waals surface area contributed by atoms with E-state index in [1.165, 1.54) is 0 Å². The normalized spacial score (nSPS) is 15.5. The Bertz CT molecular complexity index is 918. The lowest BCUT2D eigenvalue weighted by molar-refractivity contribution is 0.0705. The quantitative estimate of drug-likeness (QED) is 0.554. The first-order valence-corrected chi connectivity index (χ1v) is 8.40. The molecule has 3 aromatic rings. The van der Waals surface area contributed by atoms with Crippen LogP contribution in [0.1, 0.15) is 35.3 Å². The summed E-state index contributed by atoms with van der Waals surface area (Å²) in [6.07, 6.45) is 1.74. The third-order valence-electron chi connectivity index (χ3n) is 4.56. The Hall–Kier alpha value is -2.51. The van der Waals surface area contributed by atoms with Gasteiger partial charge in [0.05, 0.1) is 10.2 Å². The van der Waals surface area contributed by atoms with Crippen molar-refractivity contribution >= 4 is 32.7 Å². The molecule has 1 aromatic carbocycles. The van der Waals surface area contributed by atoms with Gasteiger partial charge in [-0.25, -0.2) is 10.5 Å². The highest BCUT2D eigenvalue weighted by atomic mass is 32.1. The van der Waals surface area contributed by atoms with Crippen LogP contribution in [0.15, 0.2) is 36.5 Å². The second-order valence-electron chi connectivity index (χ2n) is 6.24. The predicted octanol–water partition coefficient (Wildman–Crippen LogP) is 3.07. The summed E-state index contributed by atoms with van der Waals surface area (Å²) in [6, 6.07) is 9.50. The van der Waals surface area contributed by atoms with E-state index in [1.807, 2.05) is 24.3 Å². The van der Waals surface area contributed by atoms with Gasteiger partial charge < -0.3 is 4.90 Å². The van der Waals surface area contributed by atoms with Gasteiger partial charge in [0.15, 0.2) is 10.8 Å². The van der Waals surface area contributed by atoms with Crippen molar-refractivity contribution in [3.05, 3.63) is 53.2 Å². The molecule has 0 atom stereocenters. The van der Waals surface area contributed by atoms with Gasteiger partial charge in [0.1, 0.15) is 0 Å². The zero-order valence-electron chi connectivity index (χ0n) is 13.3. The third kappa shape index (κ3) is 2.09. The molecule has 0 spiro atoms. The van der Waals surface area contributed by atoms with Crippen molar-refractivity contribution in [1.82, 2.24) is 15.4 Å². The first-order valence-electron chi connectivity index (χ1n) is 7.58. The summed E-state index contributed by atoms with van der Waals surface area (Å²) in [6.45, 7) is 4.78. The van der Waals surface area contributed by atoms with Gasteiger partial charge in [0.2, 0.25) is 0 Å². The Labute approximate surface area is 142 Å². The number of thiazole rings is 1. The number of hydrogen-bond acceptors (Lipinski definition) is 6. The Morgan fingerprint density at radius 1 is 1.33 bits per heavy atom. The maximum absolute atomic E-state index is 12.0. The highest BCUT2D eigenvalue weighted by Gasteiger charge is 2.40. The van der Waals surface area contributed by atoms with E-state index >= 15 is 0 Å². The van der Waals surface area contributed by atoms with E-state index in [0.717, 1.165) is 26.6 Å². The van der Waals surface area contributed by atoms with Crippen molar-refractivity contribution in [3.63, 3.8) is 0 Å². The fourth-order valence-electron chi connectivity index (χ4n) is 3.28. The fourth-order valence-corrected chi connectivity index (χ4v) is 4.35. The van der Waals surface area contributed by atoms with Crippen LogP contribution in [0.4, 0.5) is 5.13 Å². The molecule has 0 aliphatic carbocycles. The number of fused-ring (bicyclic) bond motifs is 2. The van der Waals surface area contributed by atoms with Crippen LogP contribution in [-0.4, -0.2) is 21.1 Å². The third-order valence-corrected chi connectivity index (χ3v) is 5.59. The number of aromatic nitrogens is 2. The molecule has 0 saturated carbocycles. The molecule has 24 heavy (non-hydrogen) atoms. The maximum Gasteiger partial charge on any atom is 0.274 e. The number of amides is 1. The number of carbonyl (C=O) groups excluding carboxylic acids is 1. The molecule has 2 aromatic heterocycles. The summed E-state index contributed by atoms with van der Waals surface area (Å²) >= 11 is 1.59. The van der Waals surface area contributed by atoms with Crippen LogP contribution < -0.4 is 10.4 Å². The molecule has 0 saturated heterocycles. The number of nitrogens with zero attached hydrogens (tertiary/aromatic N) is 3. The Balaban J connectivity index is 1.83. The zero-order chi connectivity index (χ0) is 16.9. The molecule has 2 N–H and O–H groups in total. The van der Waals surface area contributed by atoms with Crippen LogP contribution in [0.2, 0.25) is 0 Å². The van der Waals surface area contributed by atoms with E-state index < -0.39 is 5.91 Å². The Morgan fingerprint density at radius 2 is 2.17 bits per heavy atom. The summed E-state index contributed by atoms with van der Waals surface area (Å²) in [5.74, 6) is -0.490. The van der Waals surface area contributed by atoms with Crippen LogP contribution in [0.25, 0.3) is 10.3 Å². The molecule has 4 rings (SSSR count). The van der Waals surface area contributed by atoms with E-state index in [-0.39, 0.29) is 5.54 Å². The average Bonchev–Trinajstić information content (AvgIpc) is 3.12. The van der Waals surface area contributed by atoms with Crippen molar-refractivity contribution in [2.75, 3.05) is 4.90 Å². The largest absolute Gasteiger partial charge is 0.334 e. The zero-order valence-corrected chi connectivity index (χ0v) is 14.1. The minimum absolute atomic E-state index is 0.311. The number of carbonyl (C=O) groups is 1. The smallest absolute Gasteiger partial charge is 0.274 e. The molecule has 7 heteroatoms. The molecule has 0 radical (unpaired) electrons. The lowest BCUT2D eigenvalue weighted by atomic mass is 9.91. The first-order chi connectivity index (χ1) is 11.5. The van der Waals surface area contributed by atoms with Crippen molar-refractivity contribution < 1.29 is 10.0 Å². The summed E-state index contributed by atoms with van der Waals surface area (Å²) in [5, 5.41) is 9.87. The second kappa shape index (κ2) is 5.25. The van der Waals surface area contributed by atoms with Crippen molar-refractivity contribution in [2.24, 2.45) is 0 Å². The van der Waals surface area contributed by atoms with Crippen molar-refractivity contribution in [2.45, 2.75) is 25.9 Å². The van der Waals surface area contributed by atoms with Gasteiger partial charge in [-0.1, -0.05) is 23.5 Å². The van der Waals surface area contributed by atoms with Crippen LogP contribution in [0.5, 0.6) is 0 Å². The number of hydroxylamine groups is 1. The van der Waals surface area contributed by atoms with E-state index in [4.69, 9.17) is 5.21 Å². The van der Waals surface area contributed by atoms with Gasteiger partial charge >= 0.3 is 0 Å². The average molecular weight is 340 g/mol. The SMILES string of the molecule is CC1(C)c2cccc(C(=O)NO)c2CN1c1nc2ncccc2s1. The van der Waals surface area contributed by atoms with Crippen LogP contribution in [0.3, 0.4) is 0 Å². The molecule has 3 heterocycles. The van der Waals surface area contributed by atoms with Crippen LogP contribution in [-0.2, 0) is 12.1 Å². The van der Waals surface area contributed by atoms with Crippen molar-refractivity contribution in [3.8, 4) is 0 Å². The Kier molecular flexibility index (Phi) is 3.29. The minimum atomic E-state index is -0.490. The summed E-state index contributed by atoms with van der Waals surface area (Å²) < 4.78 is 1.03. The molecule has 122 valence electrons. The predicted molar refractivity (Wildman–Crippen MR) is 92.3 cm³/mol. The lowest BCUT2D eigenvalue weighted by Gasteiger charge is -2.32. The highest BCUT2D eigenvalue weighted by molar-refractivity contribution is 7.22. The molecular formula is C17H16N4O2S. The number of hydrogen-bond donors (Lipinski definition) is 2. The molecule has 0 bridgehead atoms. The molecule has 1 aliphatic rings. The maximum atomic E-state index is 12.0. The van der Waals surface area contributed by atoms with E-state index in [9.17, 15) is 4.79 Å². The van der Waals surface area contributed by atoms with Gasteiger partial charge in [-0.3, -0.25) is 10.0 Å². The first kappa shape index (κ1) is 15.0. The number of rotatable bonds is 2. The van der Waals surface area contributed by atoms with Crippen molar-refractivity contribution in [1.29, 1.82) is 0 Å². The summed E-state index contributed by atoms with van der Waals surface area (Å²) in [4.78, 5) is 23.1. The lowest BCUT2D eigenvalue weighted by Crippen LogP contribution is -2.35. The van der Waals surface area contributed by atoms with Gasteiger partial charge in [-0.05, 0) is 43.2 Å². The second-order valence-corrected chi connectivity index (χ2v) is 7.25. The van der Waals surface area contributed by atoms with Gasteiger partial charge in [-0.2, -0.15) is 4.98 Å². The monoisotopic (exact) mass is 340 g/mol. The Morgan fingerprint density at radius 3 is 2.92 bits per heavy atom. The number of benzene rings is 1. The van der Waals surface area contributed by atoms with Gasteiger partial charge in [0, 0.05) is 18.3 Å². The number of nitrogens with one attached hydrogen (secondary N) is 1. The minimum Gasteiger partial charge on any atom is -0.334 e. The molecule has 1 aliphatic heterocycles. The van der Waals surface area contributed by atoms with E-state index in [2.05, 4.69) is 28.7 Å². The van der Waals surface area contributed by atoms with Gasteiger partial charge in [0.25, 0.3) is 5.91 Å². The summed E-state index contributed by atoms with van der Waals surface area (Å²) in [5.41, 5.74) is 4.63. The molecule has 1 amide bonds. The fraction of sp³-hybridized carbons (Fsp3) is 0.235. The topological polar surface area (TPSA) is 78.4 Å². The summed E-state index contributed by atoms with van der Waals surface area (Å²) in [7, 11) is 0. The molecule has 6 nitrogen and oxygen atoms in total. The van der Waals surface area contributed by atoms with Crippen LogP contribution >= 0.6 is 11.3 Å². The van der Waals surface area contributed by atoms with Crippen LogP contribution in [0, 0.1) is 0 Å². The molecular weight excluding hydrogens is 324 g/mol. The van der Waals surface area contributed by atoms with Gasteiger partial charge in [-0.15, -0.1) is 0 Å². The number of anilines is 1. The number of pyridine rings is 1. The standard InChI is InChI=1S/C17H16N4O2S/c1-17(2)12-6-3-5-10(15(22)20-23)11(12)9-21(17)16-19-14-13(24-16)7-4-8-18-14/h3-8,23H,9H2,1-2H3,(H,20,22). The highest BCUT2D eigenvalue weighted by Crippen LogP contribution is 2.44. The van der Waals surface area contributed by atoms with E-state index in [1.54, 1.807) is 29.1 Å². The van der Waals surface area contributed by atoms with E-state index in [0.29, 0.717) is 12.1 Å². The molecule has 0 fully saturated rings.